The van der Waals surface area contributed by atoms with Crippen molar-refractivity contribution >= 4 is 0 Å². The van der Waals surface area contributed by atoms with Crippen molar-refractivity contribution in [3.63, 3.8) is 0 Å². The average molecular weight is 255 g/mol. The van der Waals surface area contributed by atoms with Crippen molar-refractivity contribution in [2.45, 2.75) is 38.3 Å². The quantitative estimate of drug-likeness (QED) is 0.875. The molecule has 6 heteroatoms. The summed E-state index contributed by atoms with van der Waals surface area (Å²) in [6.07, 6.45) is 1.24. The van der Waals surface area contributed by atoms with E-state index in [1.807, 2.05) is 0 Å². The Morgan fingerprint density at radius 2 is 2.00 bits per heavy atom. The molecule has 1 atom stereocenters. The molecule has 0 radical (unpaired) electrons. The van der Waals surface area contributed by atoms with Crippen LogP contribution in [0.4, 0.5) is 0 Å². The van der Waals surface area contributed by atoms with Crippen molar-refractivity contribution in [3.8, 4) is 0 Å². The molecule has 0 aliphatic carbocycles. The zero-order valence-corrected chi connectivity index (χ0v) is 11.2. The number of hydrogen-bond acceptors (Lipinski definition) is 6. The number of nitrogens with zero attached hydrogens (tertiary/aromatic N) is 2. The van der Waals surface area contributed by atoms with Crippen LogP contribution in [-0.2, 0) is 15.0 Å². The maximum Gasteiger partial charge on any atom is 0.247 e. The lowest BCUT2D eigenvalue weighted by molar-refractivity contribution is 0.0399. The number of hydrogen-bond donors (Lipinski definition) is 1. The highest BCUT2D eigenvalue weighted by atomic mass is 16.5. The van der Waals surface area contributed by atoms with Crippen LogP contribution in [-0.4, -0.2) is 30.5 Å². The predicted molar refractivity (Wildman–Crippen MR) is 64.8 cm³/mol. The Kier molecular flexibility index (Phi) is 3.99. The Bertz CT molecular complexity index is 386. The molecule has 2 heterocycles. The zero-order valence-electron chi connectivity index (χ0n) is 11.2. The summed E-state index contributed by atoms with van der Waals surface area (Å²) in [7, 11) is 1.65. The van der Waals surface area contributed by atoms with Crippen LogP contribution in [0, 0.1) is 5.92 Å². The van der Waals surface area contributed by atoms with Crippen LogP contribution in [0.15, 0.2) is 4.52 Å². The Morgan fingerprint density at radius 1 is 1.33 bits per heavy atom. The Balaban J connectivity index is 2.19. The van der Waals surface area contributed by atoms with E-state index < -0.39 is 5.54 Å². The molecule has 2 rings (SSSR count). The summed E-state index contributed by atoms with van der Waals surface area (Å²) in [5.41, 5.74) is 5.74. The van der Waals surface area contributed by atoms with E-state index >= 15 is 0 Å². The fourth-order valence-corrected chi connectivity index (χ4v) is 2.18. The van der Waals surface area contributed by atoms with Crippen molar-refractivity contribution < 1.29 is 14.0 Å². The monoisotopic (exact) mass is 255 g/mol. The molecule has 1 fully saturated rings. The highest BCUT2D eigenvalue weighted by Crippen LogP contribution is 2.30. The van der Waals surface area contributed by atoms with Crippen LogP contribution in [0.3, 0.4) is 0 Å². The standard InChI is InChI=1S/C12H21N3O3/c1-8(2)9(16-3)10-14-11(18-15-10)12(13)4-6-17-7-5-12/h8-9H,4-7,13H2,1-3H3. The maximum atomic E-state index is 6.29. The van der Waals surface area contributed by atoms with Gasteiger partial charge in [-0.15, -0.1) is 0 Å². The molecular weight excluding hydrogens is 234 g/mol. The largest absolute Gasteiger partial charge is 0.381 e. The first-order chi connectivity index (χ1) is 8.57. The van der Waals surface area contributed by atoms with Gasteiger partial charge < -0.3 is 19.7 Å². The van der Waals surface area contributed by atoms with E-state index in [1.54, 1.807) is 7.11 Å². The third kappa shape index (κ3) is 2.55. The summed E-state index contributed by atoms with van der Waals surface area (Å²) < 4.78 is 16.0. The number of ether oxygens (including phenoxy) is 2. The maximum absolute atomic E-state index is 6.29. The first-order valence-electron chi connectivity index (χ1n) is 6.30. The highest BCUT2D eigenvalue weighted by molar-refractivity contribution is 5.05. The van der Waals surface area contributed by atoms with E-state index in [1.165, 1.54) is 0 Å². The normalized spacial score (nSPS) is 21.2. The second kappa shape index (κ2) is 5.34. The topological polar surface area (TPSA) is 83.4 Å². The molecule has 18 heavy (non-hydrogen) atoms. The third-order valence-corrected chi connectivity index (χ3v) is 3.37. The average Bonchev–Trinajstić information content (AvgIpc) is 2.80. The van der Waals surface area contributed by atoms with Gasteiger partial charge in [0.05, 0.1) is 0 Å². The first-order valence-corrected chi connectivity index (χ1v) is 6.30. The number of aromatic nitrogens is 2. The van der Waals surface area contributed by atoms with Crippen LogP contribution in [0.25, 0.3) is 0 Å². The van der Waals surface area contributed by atoms with E-state index in [0.717, 1.165) is 0 Å². The van der Waals surface area contributed by atoms with Gasteiger partial charge in [0.2, 0.25) is 11.7 Å². The summed E-state index contributed by atoms with van der Waals surface area (Å²) in [6, 6.07) is 0. The van der Waals surface area contributed by atoms with Gasteiger partial charge in [-0.25, -0.2) is 0 Å². The van der Waals surface area contributed by atoms with Crippen LogP contribution in [0.2, 0.25) is 0 Å². The molecule has 1 saturated heterocycles. The molecule has 102 valence electrons. The zero-order chi connectivity index (χ0) is 13.2. The SMILES string of the molecule is COC(c1noc(C2(N)CCOCC2)n1)C(C)C. The minimum Gasteiger partial charge on any atom is -0.381 e. The molecular formula is C12H21N3O3. The van der Waals surface area contributed by atoms with Gasteiger partial charge >= 0.3 is 0 Å². The van der Waals surface area contributed by atoms with Crippen molar-refractivity contribution in [3.05, 3.63) is 11.7 Å². The Hall–Kier alpha value is -0.980. The van der Waals surface area contributed by atoms with E-state index in [0.29, 0.717) is 37.8 Å². The molecule has 0 amide bonds. The fourth-order valence-electron chi connectivity index (χ4n) is 2.18. The number of rotatable bonds is 4. The van der Waals surface area contributed by atoms with Crippen molar-refractivity contribution in [1.82, 2.24) is 10.1 Å². The van der Waals surface area contributed by atoms with Crippen LogP contribution >= 0.6 is 0 Å². The molecule has 0 aromatic carbocycles. The summed E-state index contributed by atoms with van der Waals surface area (Å²) in [4.78, 5) is 4.41. The number of methoxy groups -OCH3 is 1. The minimum atomic E-state index is -0.557. The molecule has 1 aliphatic heterocycles. The fraction of sp³-hybridized carbons (Fsp3) is 0.833. The molecule has 1 aromatic heterocycles. The van der Waals surface area contributed by atoms with Crippen molar-refractivity contribution in [2.24, 2.45) is 11.7 Å². The summed E-state index contributed by atoms with van der Waals surface area (Å²) in [5.74, 6) is 1.34. The summed E-state index contributed by atoms with van der Waals surface area (Å²) in [6.45, 7) is 5.37. The van der Waals surface area contributed by atoms with Crippen molar-refractivity contribution in [1.29, 1.82) is 0 Å². The molecule has 1 aromatic rings. The van der Waals surface area contributed by atoms with E-state index in [-0.39, 0.29) is 12.0 Å². The molecule has 0 spiro atoms. The highest BCUT2D eigenvalue weighted by Gasteiger charge is 2.36. The van der Waals surface area contributed by atoms with Gasteiger partial charge in [0.1, 0.15) is 11.6 Å². The van der Waals surface area contributed by atoms with E-state index in [9.17, 15) is 0 Å². The van der Waals surface area contributed by atoms with Crippen LogP contribution in [0.5, 0.6) is 0 Å². The smallest absolute Gasteiger partial charge is 0.247 e. The predicted octanol–water partition coefficient (Wildman–Crippen LogP) is 1.38. The molecule has 6 nitrogen and oxygen atoms in total. The summed E-state index contributed by atoms with van der Waals surface area (Å²) >= 11 is 0. The van der Waals surface area contributed by atoms with Crippen LogP contribution < -0.4 is 5.73 Å². The van der Waals surface area contributed by atoms with Gasteiger partial charge in [-0.2, -0.15) is 4.98 Å². The molecule has 0 saturated carbocycles. The van der Waals surface area contributed by atoms with Crippen LogP contribution in [0.1, 0.15) is 44.5 Å². The third-order valence-electron chi connectivity index (χ3n) is 3.37. The lowest BCUT2D eigenvalue weighted by Gasteiger charge is -2.29. The van der Waals surface area contributed by atoms with Gasteiger partial charge in [-0.3, -0.25) is 0 Å². The molecule has 1 unspecified atom stereocenters. The van der Waals surface area contributed by atoms with Gasteiger partial charge in [0, 0.05) is 20.3 Å². The van der Waals surface area contributed by atoms with E-state index in [4.69, 9.17) is 19.7 Å². The minimum absolute atomic E-state index is 0.161. The van der Waals surface area contributed by atoms with Gasteiger partial charge in [-0.1, -0.05) is 19.0 Å². The summed E-state index contributed by atoms with van der Waals surface area (Å²) in [5, 5.41) is 4.00. The van der Waals surface area contributed by atoms with Gasteiger partial charge in [0.25, 0.3) is 0 Å². The Labute approximate surface area is 107 Å². The second-order valence-corrected chi connectivity index (χ2v) is 5.13. The lowest BCUT2D eigenvalue weighted by Crippen LogP contribution is -2.42. The van der Waals surface area contributed by atoms with E-state index in [2.05, 4.69) is 24.0 Å². The molecule has 0 bridgehead atoms. The van der Waals surface area contributed by atoms with Gasteiger partial charge in [0.15, 0.2) is 0 Å². The molecule has 2 N–H and O–H groups in total. The second-order valence-electron chi connectivity index (χ2n) is 5.13. The lowest BCUT2D eigenvalue weighted by atomic mass is 9.91. The number of nitrogens with two attached hydrogens (primary N) is 1. The first kappa shape index (κ1) is 13.5. The Morgan fingerprint density at radius 3 is 2.56 bits per heavy atom. The van der Waals surface area contributed by atoms with Gasteiger partial charge in [-0.05, 0) is 18.8 Å². The molecule has 1 aliphatic rings. The van der Waals surface area contributed by atoms with Crippen molar-refractivity contribution in [2.75, 3.05) is 20.3 Å².